The number of nitrogens with zero attached hydrogens (tertiary/aromatic N) is 1. The van der Waals surface area contributed by atoms with Crippen LogP contribution >= 0.6 is 23.4 Å². The molecule has 6 heteroatoms. The van der Waals surface area contributed by atoms with E-state index in [1.165, 1.54) is 22.6 Å². The number of likely N-dealkylation sites (tertiary alicyclic amines) is 1. The largest absolute Gasteiger partial charge is 0.317 e. The Morgan fingerprint density at radius 1 is 1.19 bits per heavy atom. The van der Waals surface area contributed by atoms with E-state index in [2.05, 4.69) is 0 Å². The molecular formula is C15H16ClN2O2S+. The van der Waals surface area contributed by atoms with Gasteiger partial charge in [-0.05, 0) is 35.5 Å². The monoisotopic (exact) mass is 323 g/mol. The van der Waals surface area contributed by atoms with Gasteiger partial charge in [0.25, 0.3) is 11.1 Å². The summed E-state index contributed by atoms with van der Waals surface area (Å²) < 4.78 is 0. The number of rotatable bonds is 3. The van der Waals surface area contributed by atoms with Gasteiger partial charge in [-0.2, -0.15) is 0 Å². The molecule has 4 nitrogen and oxygen atoms in total. The molecule has 0 bridgehead atoms. The fourth-order valence-electron chi connectivity index (χ4n) is 2.60. The minimum Gasteiger partial charge on any atom is -0.317 e. The summed E-state index contributed by atoms with van der Waals surface area (Å²) in [6.07, 6.45) is 4.10. The molecule has 2 saturated heterocycles. The number of carbonyl (C=O) groups excluding carboxylic acids is 2. The first-order valence-electron chi connectivity index (χ1n) is 6.98. The molecule has 2 aliphatic heterocycles. The molecule has 0 unspecified atom stereocenters. The molecule has 3 rings (SSSR count). The summed E-state index contributed by atoms with van der Waals surface area (Å²) in [5.74, 6) is -0.181. The zero-order valence-electron chi connectivity index (χ0n) is 11.5. The molecule has 1 N–H and O–H groups in total. The number of hydrogen-bond acceptors (Lipinski definition) is 3. The smallest absolute Gasteiger partial charge is 0.298 e. The first-order chi connectivity index (χ1) is 10.1. The first-order valence-corrected chi connectivity index (χ1v) is 8.17. The Balaban J connectivity index is 1.74. The SMILES string of the molecule is O=C1S/C(=C/c2ccc(Cl)cc2)C(=O)N1C[NH+]1CCCC1. The third kappa shape index (κ3) is 3.31. The Kier molecular flexibility index (Phi) is 4.33. The zero-order chi connectivity index (χ0) is 14.8. The maximum absolute atomic E-state index is 12.4. The summed E-state index contributed by atoms with van der Waals surface area (Å²) in [5, 5.41) is 0.484. The van der Waals surface area contributed by atoms with Gasteiger partial charge < -0.3 is 4.90 Å². The van der Waals surface area contributed by atoms with Crippen molar-refractivity contribution in [3.8, 4) is 0 Å². The van der Waals surface area contributed by atoms with Crippen LogP contribution < -0.4 is 4.90 Å². The van der Waals surface area contributed by atoms with E-state index in [4.69, 9.17) is 11.6 Å². The average molecular weight is 324 g/mol. The van der Waals surface area contributed by atoms with E-state index in [9.17, 15) is 9.59 Å². The molecule has 2 amide bonds. The summed E-state index contributed by atoms with van der Waals surface area (Å²) in [6.45, 7) is 2.57. The topological polar surface area (TPSA) is 41.8 Å². The number of nitrogens with one attached hydrogen (secondary N) is 1. The number of amides is 2. The Morgan fingerprint density at radius 3 is 2.52 bits per heavy atom. The Hall–Kier alpha value is -1.30. The van der Waals surface area contributed by atoms with E-state index in [1.807, 2.05) is 12.1 Å². The molecule has 0 radical (unpaired) electrons. The van der Waals surface area contributed by atoms with Crippen molar-refractivity contribution in [2.45, 2.75) is 12.8 Å². The second kappa shape index (κ2) is 6.22. The molecule has 0 aromatic heterocycles. The van der Waals surface area contributed by atoms with Crippen LogP contribution in [0.2, 0.25) is 5.02 Å². The van der Waals surface area contributed by atoms with Crippen LogP contribution in [0.15, 0.2) is 29.2 Å². The van der Waals surface area contributed by atoms with E-state index in [0.29, 0.717) is 16.6 Å². The second-order valence-electron chi connectivity index (χ2n) is 5.28. The Labute approximate surface area is 132 Å². The van der Waals surface area contributed by atoms with Crippen LogP contribution in [-0.2, 0) is 4.79 Å². The van der Waals surface area contributed by atoms with Gasteiger partial charge >= 0.3 is 0 Å². The highest BCUT2D eigenvalue weighted by Crippen LogP contribution is 2.31. The van der Waals surface area contributed by atoms with E-state index in [0.717, 1.165) is 30.4 Å². The van der Waals surface area contributed by atoms with Crippen molar-refractivity contribution in [2.24, 2.45) is 0 Å². The highest BCUT2D eigenvalue weighted by Gasteiger charge is 2.37. The predicted molar refractivity (Wildman–Crippen MR) is 84.1 cm³/mol. The highest BCUT2D eigenvalue weighted by atomic mass is 35.5. The highest BCUT2D eigenvalue weighted by molar-refractivity contribution is 8.18. The summed E-state index contributed by atoms with van der Waals surface area (Å²) in [5.41, 5.74) is 0.874. The van der Waals surface area contributed by atoms with Gasteiger partial charge in [0.05, 0.1) is 18.0 Å². The number of imide groups is 1. The number of quaternary nitrogens is 1. The summed E-state index contributed by atoms with van der Waals surface area (Å²) in [6, 6.07) is 7.21. The summed E-state index contributed by atoms with van der Waals surface area (Å²) in [4.78, 5) is 27.5. The van der Waals surface area contributed by atoms with Crippen LogP contribution in [0.25, 0.3) is 6.08 Å². The molecule has 0 saturated carbocycles. The Bertz CT molecular complexity index is 594. The van der Waals surface area contributed by atoms with Crippen molar-refractivity contribution >= 4 is 40.6 Å². The lowest BCUT2D eigenvalue weighted by molar-refractivity contribution is -0.894. The summed E-state index contributed by atoms with van der Waals surface area (Å²) in [7, 11) is 0. The van der Waals surface area contributed by atoms with Crippen molar-refractivity contribution < 1.29 is 14.5 Å². The fraction of sp³-hybridized carbons (Fsp3) is 0.333. The lowest BCUT2D eigenvalue weighted by Crippen LogP contribution is -3.11. The van der Waals surface area contributed by atoms with Crippen molar-refractivity contribution in [3.63, 3.8) is 0 Å². The maximum atomic E-state index is 12.4. The van der Waals surface area contributed by atoms with Crippen LogP contribution in [-0.4, -0.2) is 35.8 Å². The molecule has 110 valence electrons. The average Bonchev–Trinajstić information content (AvgIpc) is 3.06. The molecule has 1 aromatic rings. The van der Waals surface area contributed by atoms with E-state index < -0.39 is 0 Å². The maximum Gasteiger partial charge on any atom is 0.298 e. The molecule has 0 atom stereocenters. The van der Waals surface area contributed by atoms with Gasteiger partial charge in [-0.25, -0.2) is 4.90 Å². The molecule has 2 aliphatic rings. The minimum atomic E-state index is -0.181. The second-order valence-corrected chi connectivity index (χ2v) is 6.71. The number of thioether (sulfide) groups is 1. The predicted octanol–water partition coefficient (Wildman–Crippen LogP) is 2.01. The third-order valence-corrected chi connectivity index (χ3v) is 4.89. The molecule has 0 aliphatic carbocycles. The van der Waals surface area contributed by atoms with Crippen LogP contribution in [0.3, 0.4) is 0 Å². The van der Waals surface area contributed by atoms with Gasteiger partial charge in [0.15, 0.2) is 6.67 Å². The van der Waals surface area contributed by atoms with Crippen molar-refractivity contribution in [2.75, 3.05) is 19.8 Å². The third-order valence-electron chi connectivity index (χ3n) is 3.73. The van der Waals surface area contributed by atoms with E-state index in [1.54, 1.807) is 18.2 Å². The van der Waals surface area contributed by atoms with Crippen LogP contribution in [0.1, 0.15) is 18.4 Å². The van der Waals surface area contributed by atoms with Gasteiger partial charge in [0, 0.05) is 17.9 Å². The van der Waals surface area contributed by atoms with Gasteiger partial charge in [-0.1, -0.05) is 23.7 Å². The van der Waals surface area contributed by atoms with E-state index in [-0.39, 0.29) is 11.1 Å². The Morgan fingerprint density at radius 2 is 1.86 bits per heavy atom. The van der Waals surface area contributed by atoms with Crippen molar-refractivity contribution in [3.05, 3.63) is 39.8 Å². The number of halogens is 1. The number of hydrogen-bond donors (Lipinski definition) is 1. The fourth-order valence-corrected chi connectivity index (χ4v) is 3.57. The lowest BCUT2D eigenvalue weighted by atomic mass is 10.2. The van der Waals surface area contributed by atoms with Crippen LogP contribution in [0, 0.1) is 0 Å². The molecular weight excluding hydrogens is 308 g/mol. The van der Waals surface area contributed by atoms with Crippen molar-refractivity contribution in [1.82, 2.24) is 4.90 Å². The molecule has 2 fully saturated rings. The summed E-state index contributed by atoms with van der Waals surface area (Å²) >= 11 is 6.86. The van der Waals surface area contributed by atoms with Crippen LogP contribution in [0.5, 0.6) is 0 Å². The van der Waals surface area contributed by atoms with Gasteiger partial charge in [0.1, 0.15) is 0 Å². The standard InChI is InChI=1S/C15H15ClN2O2S/c16-12-5-3-11(4-6-12)9-13-14(19)18(15(20)21-13)10-17-7-1-2-8-17/h3-6,9H,1-2,7-8,10H2/p+1/b13-9+. The van der Waals surface area contributed by atoms with E-state index >= 15 is 0 Å². The van der Waals surface area contributed by atoms with Gasteiger partial charge in [-0.3, -0.25) is 9.59 Å². The quantitative estimate of drug-likeness (QED) is 0.865. The number of carbonyl (C=O) groups is 2. The zero-order valence-corrected chi connectivity index (χ0v) is 13.0. The molecule has 2 heterocycles. The number of benzene rings is 1. The first kappa shape index (κ1) is 14.6. The normalized spacial score (nSPS) is 21.8. The van der Waals surface area contributed by atoms with Crippen molar-refractivity contribution in [1.29, 1.82) is 0 Å². The van der Waals surface area contributed by atoms with Crippen LogP contribution in [0.4, 0.5) is 4.79 Å². The lowest BCUT2D eigenvalue weighted by Gasteiger charge is -2.17. The molecule has 1 aromatic carbocycles. The molecule has 21 heavy (non-hydrogen) atoms. The molecule has 0 spiro atoms. The minimum absolute atomic E-state index is 0.167. The van der Waals surface area contributed by atoms with Gasteiger partial charge in [-0.15, -0.1) is 0 Å². The van der Waals surface area contributed by atoms with Gasteiger partial charge in [0.2, 0.25) is 0 Å².